The molecule has 0 saturated carbocycles. The standard InChI is InChI=1S/C20H19N3O3S/c1-2-3-13-26-20-19(22-16-11-7-8-12-17(16)23-20)18(14-21)27(24,25)15-9-5-4-6-10-15/h4-12,18H,2-3,13H2,1H3/t18-/m1/s1. The van der Waals surface area contributed by atoms with E-state index >= 15 is 0 Å². The van der Waals surface area contributed by atoms with Crippen LogP contribution in [-0.4, -0.2) is 25.0 Å². The molecule has 0 bridgehead atoms. The van der Waals surface area contributed by atoms with E-state index in [2.05, 4.69) is 9.97 Å². The predicted octanol–water partition coefficient (Wildman–Crippen LogP) is 3.85. The summed E-state index contributed by atoms with van der Waals surface area (Å²) in [5.41, 5.74) is 1.12. The largest absolute Gasteiger partial charge is 0.476 e. The molecule has 0 unspecified atom stereocenters. The van der Waals surface area contributed by atoms with Gasteiger partial charge in [0, 0.05) is 0 Å². The van der Waals surface area contributed by atoms with Crippen molar-refractivity contribution in [2.24, 2.45) is 0 Å². The lowest BCUT2D eigenvalue weighted by Crippen LogP contribution is -2.16. The highest BCUT2D eigenvalue weighted by atomic mass is 32.2. The molecule has 0 fully saturated rings. The number of nitriles is 1. The molecule has 0 N–H and O–H groups in total. The molecule has 7 heteroatoms. The molecule has 0 radical (unpaired) electrons. The normalized spacial score (nSPS) is 12.4. The SMILES string of the molecule is CCCCOc1nc2ccccc2nc1[C@@H](C#N)S(=O)(=O)c1ccccc1. The lowest BCUT2D eigenvalue weighted by atomic mass is 10.2. The maximum Gasteiger partial charge on any atom is 0.238 e. The van der Waals surface area contributed by atoms with Gasteiger partial charge in [-0.15, -0.1) is 0 Å². The minimum absolute atomic E-state index is 0.0242. The molecular formula is C20H19N3O3S. The van der Waals surface area contributed by atoms with Gasteiger partial charge in [0.2, 0.25) is 15.7 Å². The monoisotopic (exact) mass is 381 g/mol. The van der Waals surface area contributed by atoms with Crippen LogP contribution in [0.15, 0.2) is 59.5 Å². The minimum atomic E-state index is -3.97. The number of unbranched alkanes of at least 4 members (excludes halogenated alkanes) is 1. The topological polar surface area (TPSA) is 92.9 Å². The van der Waals surface area contributed by atoms with Crippen molar-refractivity contribution in [3.63, 3.8) is 0 Å². The molecule has 3 aromatic rings. The fraction of sp³-hybridized carbons (Fsp3) is 0.250. The molecule has 3 rings (SSSR count). The van der Waals surface area contributed by atoms with E-state index in [4.69, 9.17) is 4.74 Å². The average molecular weight is 381 g/mol. The highest BCUT2D eigenvalue weighted by Gasteiger charge is 2.34. The van der Waals surface area contributed by atoms with Gasteiger partial charge in [0.25, 0.3) is 0 Å². The molecule has 0 aliphatic rings. The van der Waals surface area contributed by atoms with Crippen molar-refractivity contribution in [1.29, 1.82) is 5.26 Å². The van der Waals surface area contributed by atoms with Crippen LogP contribution in [0.4, 0.5) is 0 Å². The Labute approximate surface area is 158 Å². The van der Waals surface area contributed by atoms with E-state index in [9.17, 15) is 13.7 Å². The fourth-order valence-electron chi connectivity index (χ4n) is 2.61. The molecule has 1 atom stereocenters. The van der Waals surface area contributed by atoms with Gasteiger partial charge in [-0.25, -0.2) is 18.4 Å². The summed E-state index contributed by atoms with van der Waals surface area (Å²) in [6, 6.07) is 16.9. The van der Waals surface area contributed by atoms with Crippen molar-refractivity contribution in [3.05, 3.63) is 60.3 Å². The summed E-state index contributed by atoms with van der Waals surface area (Å²) in [7, 11) is -3.97. The molecule has 0 aliphatic heterocycles. The van der Waals surface area contributed by atoms with Gasteiger partial charge in [-0.2, -0.15) is 5.26 Å². The predicted molar refractivity (Wildman–Crippen MR) is 102 cm³/mol. The van der Waals surface area contributed by atoms with E-state index in [-0.39, 0.29) is 16.5 Å². The van der Waals surface area contributed by atoms with Crippen molar-refractivity contribution in [3.8, 4) is 11.9 Å². The number of fused-ring (bicyclic) bond motifs is 1. The number of ether oxygens (including phenoxy) is 1. The maximum absolute atomic E-state index is 13.0. The highest BCUT2D eigenvalue weighted by molar-refractivity contribution is 7.92. The first kappa shape index (κ1) is 18.8. The van der Waals surface area contributed by atoms with E-state index < -0.39 is 15.1 Å². The minimum Gasteiger partial charge on any atom is -0.476 e. The third kappa shape index (κ3) is 3.91. The Morgan fingerprint density at radius 3 is 2.30 bits per heavy atom. The Balaban J connectivity index is 2.14. The van der Waals surface area contributed by atoms with E-state index in [1.54, 1.807) is 36.4 Å². The Hall–Kier alpha value is -2.98. The Kier molecular flexibility index (Phi) is 5.67. The van der Waals surface area contributed by atoms with Crippen LogP contribution in [-0.2, 0) is 9.84 Å². The molecule has 27 heavy (non-hydrogen) atoms. The Morgan fingerprint density at radius 1 is 1.04 bits per heavy atom. The average Bonchev–Trinajstić information content (AvgIpc) is 2.69. The zero-order valence-electron chi connectivity index (χ0n) is 14.9. The van der Waals surface area contributed by atoms with Crippen LogP contribution in [0, 0.1) is 11.3 Å². The molecule has 138 valence electrons. The number of hydrogen-bond acceptors (Lipinski definition) is 6. The van der Waals surface area contributed by atoms with Gasteiger partial charge in [0.05, 0.1) is 28.6 Å². The number of rotatable bonds is 7. The quantitative estimate of drug-likeness (QED) is 0.577. The number of hydrogen-bond donors (Lipinski definition) is 0. The first-order valence-electron chi connectivity index (χ1n) is 8.66. The third-order valence-electron chi connectivity index (χ3n) is 4.05. The summed E-state index contributed by atoms with van der Waals surface area (Å²) in [6.07, 6.45) is 1.71. The summed E-state index contributed by atoms with van der Waals surface area (Å²) in [5, 5.41) is 8.19. The van der Waals surface area contributed by atoms with Gasteiger partial charge in [-0.1, -0.05) is 43.7 Å². The third-order valence-corrected chi connectivity index (χ3v) is 5.93. The Bertz CT molecular complexity index is 1080. The van der Waals surface area contributed by atoms with Crippen molar-refractivity contribution in [1.82, 2.24) is 9.97 Å². The first-order chi connectivity index (χ1) is 13.1. The number of benzene rings is 2. The summed E-state index contributed by atoms with van der Waals surface area (Å²) >= 11 is 0. The van der Waals surface area contributed by atoms with E-state index in [0.29, 0.717) is 17.6 Å². The molecule has 0 saturated heterocycles. The van der Waals surface area contributed by atoms with Gasteiger partial charge in [-0.3, -0.25) is 0 Å². The zero-order chi connectivity index (χ0) is 19.3. The van der Waals surface area contributed by atoms with Crippen molar-refractivity contribution in [2.45, 2.75) is 29.9 Å². The lowest BCUT2D eigenvalue weighted by Gasteiger charge is -2.15. The summed E-state index contributed by atoms with van der Waals surface area (Å²) in [6.45, 7) is 2.40. The molecule has 2 aromatic carbocycles. The van der Waals surface area contributed by atoms with Crippen LogP contribution >= 0.6 is 0 Å². The lowest BCUT2D eigenvalue weighted by molar-refractivity contribution is 0.294. The van der Waals surface area contributed by atoms with Crippen molar-refractivity contribution < 1.29 is 13.2 Å². The molecule has 0 spiro atoms. The van der Waals surface area contributed by atoms with Crippen LogP contribution in [0.5, 0.6) is 5.88 Å². The van der Waals surface area contributed by atoms with Gasteiger partial charge < -0.3 is 4.74 Å². The van der Waals surface area contributed by atoms with Crippen LogP contribution in [0.3, 0.4) is 0 Å². The second-order valence-corrected chi connectivity index (χ2v) is 8.00. The number of sulfone groups is 1. The zero-order valence-corrected chi connectivity index (χ0v) is 15.7. The summed E-state index contributed by atoms with van der Waals surface area (Å²) < 4.78 is 31.8. The van der Waals surface area contributed by atoms with Gasteiger partial charge in [-0.05, 0) is 30.7 Å². The second kappa shape index (κ2) is 8.14. The fourth-order valence-corrected chi connectivity index (χ4v) is 4.01. The first-order valence-corrected chi connectivity index (χ1v) is 10.2. The molecule has 1 heterocycles. The second-order valence-electron chi connectivity index (χ2n) is 5.97. The van der Waals surface area contributed by atoms with Crippen LogP contribution in [0.2, 0.25) is 0 Å². The van der Waals surface area contributed by atoms with E-state index in [0.717, 1.165) is 12.8 Å². The molecule has 0 amide bonds. The smallest absolute Gasteiger partial charge is 0.238 e. The van der Waals surface area contributed by atoms with E-state index in [1.165, 1.54) is 12.1 Å². The summed E-state index contributed by atoms with van der Waals surface area (Å²) in [5.74, 6) is 0.0909. The van der Waals surface area contributed by atoms with Crippen molar-refractivity contribution in [2.75, 3.05) is 6.61 Å². The van der Waals surface area contributed by atoms with Crippen LogP contribution < -0.4 is 4.74 Å². The van der Waals surface area contributed by atoms with Crippen LogP contribution in [0.25, 0.3) is 11.0 Å². The molecule has 0 aliphatic carbocycles. The van der Waals surface area contributed by atoms with Gasteiger partial charge >= 0.3 is 0 Å². The number of para-hydroxylation sites is 2. The highest BCUT2D eigenvalue weighted by Crippen LogP contribution is 2.33. The van der Waals surface area contributed by atoms with Crippen molar-refractivity contribution >= 4 is 20.9 Å². The van der Waals surface area contributed by atoms with Gasteiger partial charge in [0.15, 0.2) is 5.25 Å². The number of aromatic nitrogens is 2. The molecule has 1 aromatic heterocycles. The maximum atomic E-state index is 13.0. The van der Waals surface area contributed by atoms with E-state index in [1.807, 2.05) is 19.1 Å². The molecular weight excluding hydrogens is 362 g/mol. The molecule has 6 nitrogen and oxygen atoms in total. The summed E-state index contributed by atoms with van der Waals surface area (Å²) in [4.78, 5) is 8.91. The van der Waals surface area contributed by atoms with Gasteiger partial charge in [0.1, 0.15) is 5.69 Å². The van der Waals surface area contributed by atoms with Crippen LogP contribution in [0.1, 0.15) is 30.7 Å². The Morgan fingerprint density at radius 2 is 1.67 bits per heavy atom. The number of nitrogens with zero attached hydrogens (tertiary/aromatic N) is 3.